The van der Waals surface area contributed by atoms with Gasteiger partial charge in [0.2, 0.25) is 11.8 Å². The Morgan fingerprint density at radius 1 is 1.03 bits per heavy atom. The molecule has 0 saturated heterocycles. The van der Waals surface area contributed by atoms with E-state index in [4.69, 9.17) is 9.68 Å². The van der Waals surface area contributed by atoms with E-state index in [1.54, 1.807) is 42.5 Å². The predicted molar refractivity (Wildman–Crippen MR) is 128 cm³/mol. The van der Waals surface area contributed by atoms with Crippen LogP contribution in [0.4, 0.5) is 5.69 Å². The van der Waals surface area contributed by atoms with Crippen LogP contribution in [-0.2, 0) is 5.75 Å². The molecule has 0 N–H and O–H groups in total. The third kappa shape index (κ3) is 4.38. The number of para-hydroxylation sites is 1. The van der Waals surface area contributed by atoms with Crippen LogP contribution in [0.25, 0.3) is 28.0 Å². The van der Waals surface area contributed by atoms with Crippen LogP contribution in [0.2, 0.25) is 0 Å². The van der Waals surface area contributed by atoms with Crippen LogP contribution in [0.3, 0.4) is 0 Å². The molecule has 2 aromatic heterocycles. The average molecular weight is 482 g/mol. The van der Waals surface area contributed by atoms with Gasteiger partial charge in [0.15, 0.2) is 5.16 Å². The average Bonchev–Trinajstić information content (AvgIpc) is 3.37. The molecule has 3 aromatic carbocycles. The van der Waals surface area contributed by atoms with Crippen molar-refractivity contribution in [2.75, 3.05) is 0 Å². The van der Waals surface area contributed by atoms with Gasteiger partial charge >= 0.3 is 0 Å². The van der Waals surface area contributed by atoms with Crippen LogP contribution in [0.5, 0.6) is 0 Å². The number of fused-ring (bicyclic) bond motifs is 1. The van der Waals surface area contributed by atoms with Crippen LogP contribution in [-0.4, -0.2) is 24.7 Å². The number of thioether (sulfide) groups is 1. The number of hydrogen-bond donors (Lipinski definition) is 0. The van der Waals surface area contributed by atoms with Crippen molar-refractivity contribution in [3.8, 4) is 23.2 Å². The van der Waals surface area contributed by atoms with Gasteiger partial charge in [0.1, 0.15) is 0 Å². The van der Waals surface area contributed by atoms with Crippen molar-refractivity contribution in [3.05, 3.63) is 105 Å². The lowest BCUT2D eigenvalue weighted by Gasteiger charge is -2.12. The summed E-state index contributed by atoms with van der Waals surface area (Å²) in [5.41, 5.74) is 1.90. The Balaban J connectivity index is 1.47. The quantitative estimate of drug-likeness (QED) is 0.148. The lowest BCUT2D eigenvalue weighted by atomic mass is 10.2. The van der Waals surface area contributed by atoms with E-state index in [-0.39, 0.29) is 22.9 Å². The second-order valence-electron chi connectivity index (χ2n) is 7.30. The fourth-order valence-electron chi connectivity index (χ4n) is 3.40. The van der Waals surface area contributed by atoms with Gasteiger partial charge in [-0.05, 0) is 48.5 Å². The van der Waals surface area contributed by atoms with E-state index in [1.165, 1.54) is 40.6 Å². The molecular formula is C24H14N6O4S. The predicted octanol–water partition coefficient (Wildman–Crippen LogP) is 4.51. The number of nitro benzene ring substituents is 1. The molecule has 0 spiro atoms. The minimum atomic E-state index is -0.483. The first kappa shape index (κ1) is 22.0. The van der Waals surface area contributed by atoms with E-state index in [2.05, 4.69) is 21.3 Å². The Bertz CT molecular complexity index is 1650. The molecule has 0 atom stereocenters. The Hall–Kier alpha value is -4.82. The molecule has 10 nitrogen and oxygen atoms in total. The van der Waals surface area contributed by atoms with Gasteiger partial charge in [-0.2, -0.15) is 5.26 Å². The smallest absolute Gasteiger partial charge is 0.269 e. The molecule has 0 amide bonds. The maximum absolute atomic E-state index is 13.3. The van der Waals surface area contributed by atoms with E-state index in [0.717, 1.165) is 0 Å². The van der Waals surface area contributed by atoms with Gasteiger partial charge < -0.3 is 4.42 Å². The van der Waals surface area contributed by atoms with Gasteiger partial charge in [-0.15, -0.1) is 10.2 Å². The lowest BCUT2D eigenvalue weighted by molar-refractivity contribution is -0.384. The van der Waals surface area contributed by atoms with Gasteiger partial charge in [0.05, 0.1) is 38.9 Å². The van der Waals surface area contributed by atoms with Crippen LogP contribution in [0.1, 0.15) is 11.5 Å². The third-order valence-corrected chi connectivity index (χ3v) is 6.04. The zero-order valence-corrected chi connectivity index (χ0v) is 18.7. The Kier molecular flexibility index (Phi) is 5.78. The highest BCUT2D eigenvalue weighted by Gasteiger charge is 2.16. The van der Waals surface area contributed by atoms with E-state index < -0.39 is 4.92 Å². The number of rotatable bonds is 6. The normalized spacial score (nSPS) is 10.8. The van der Waals surface area contributed by atoms with E-state index in [9.17, 15) is 14.9 Å². The molecule has 170 valence electrons. The summed E-state index contributed by atoms with van der Waals surface area (Å²) in [4.78, 5) is 28.4. The van der Waals surface area contributed by atoms with Crippen molar-refractivity contribution in [1.82, 2.24) is 19.7 Å². The fraction of sp³-hybridized carbons (Fsp3) is 0.0417. The summed E-state index contributed by atoms with van der Waals surface area (Å²) < 4.78 is 7.21. The number of aromatic nitrogens is 4. The number of non-ortho nitro benzene ring substituents is 1. The molecular weight excluding hydrogens is 468 g/mol. The van der Waals surface area contributed by atoms with E-state index >= 15 is 0 Å². The first-order chi connectivity index (χ1) is 17.0. The molecule has 35 heavy (non-hydrogen) atoms. The number of nitriles is 1. The summed E-state index contributed by atoms with van der Waals surface area (Å²) in [6, 6.07) is 21.6. The Morgan fingerprint density at radius 3 is 2.49 bits per heavy atom. The maximum Gasteiger partial charge on any atom is 0.269 e. The van der Waals surface area contributed by atoms with Crippen LogP contribution >= 0.6 is 11.8 Å². The largest absolute Gasteiger partial charge is 0.420 e. The highest BCUT2D eigenvalue weighted by Crippen LogP contribution is 2.27. The summed E-state index contributed by atoms with van der Waals surface area (Å²) in [5, 5.41) is 28.9. The van der Waals surface area contributed by atoms with Crippen molar-refractivity contribution in [2.45, 2.75) is 10.9 Å². The molecule has 0 bridgehead atoms. The standard InChI is InChI=1S/C24H14N6O4S/c25-13-15-5-9-17(10-6-15)29-23(31)19-3-1-2-4-20(19)26-24(29)35-14-21-27-28-22(34-21)16-7-11-18(12-8-16)30(32)33/h1-12H,14H2. The molecule has 5 aromatic rings. The van der Waals surface area contributed by atoms with Gasteiger partial charge in [0, 0.05) is 17.7 Å². The zero-order chi connectivity index (χ0) is 24.4. The molecule has 0 fully saturated rings. The topological polar surface area (TPSA) is 141 Å². The monoisotopic (exact) mass is 482 g/mol. The minimum absolute atomic E-state index is 0.0350. The second-order valence-corrected chi connectivity index (χ2v) is 8.25. The first-order valence-electron chi connectivity index (χ1n) is 10.3. The summed E-state index contributed by atoms with van der Waals surface area (Å²) >= 11 is 1.25. The summed E-state index contributed by atoms with van der Waals surface area (Å²) in [6.07, 6.45) is 0. The fourth-order valence-corrected chi connectivity index (χ4v) is 4.25. The molecule has 0 unspecified atom stereocenters. The SMILES string of the molecule is N#Cc1ccc(-n2c(SCc3nnc(-c4ccc([N+](=O)[O-])cc4)o3)nc3ccccc3c2=O)cc1. The maximum atomic E-state index is 13.3. The Labute approximate surface area is 201 Å². The molecule has 0 saturated carbocycles. The Morgan fingerprint density at radius 2 is 1.77 bits per heavy atom. The highest BCUT2D eigenvalue weighted by molar-refractivity contribution is 7.98. The van der Waals surface area contributed by atoms with Crippen molar-refractivity contribution in [3.63, 3.8) is 0 Å². The molecule has 2 heterocycles. The summed E-state index contributed by atoms with van der Waals surface area (Å²) in [5.74, 6) is 0.768. The van der Waals surface area contributed by atoms with Crippen molar-refractivity contribution in [1.29, 1.82) is 5.26 Å². The number of benzene rings is 3. The number of hydrogen-bond acceptors (Lipinski definition) is 9. The minimum Gasteiger partial charge on any atom is -0.420 e. The van der Waals surface area contributed by atoms with Crippen molar-refractivity contribution < 1.29 is 9.34 Å². The molecule has 0 aliphatic carbocycles. The molecule has 0 aliphatic rings. The van der Waals surface area contributed by atoms with Gasteiger partial charge in [-0.3, -0.25) is 19.5 Å². The van der Waals surface area contributed by atoms with Crippen molar-refractivity contribution >= 4 is 28.4 Å². The van der Waals surface area contributed by atoms with E-state index in [1.807, 2.05) is 6.07 Å². The van der Waals surface area contributed by atoms with E-state index in [0.29, 0.717) is 38.8 Å². The molecule has 0 aliphatic heterocycles. The summed E-state index contributed by atoms with van der Waals surface area (Å²) in [6.45, 7) is 0. The zero-order valence-electron chi connectivity index (χ0n) is 17.9. The van der Waals surface area contributed by atoms with Crippen molar-refractivity contribution in [2.24, 2.45) is 0 Å². The molecule has 0 radical (unpaired) electrons. The second kappa shape index (κ2) is 9.20. The number of nitro groups is 1. The molecule has 11 heteroatoms. The van der Waals surface area contributed by atoms with Gasteiger partial charge in [-0.25, -0.2) is 4.98 Å². The van der Waals surface area contributed by atoms with Crippen LogP contribution in [0.15, 0.2) is 87.2 Å². The van der Waals surface area contributed by atoms with Gasteiger partial charge in [-0.1, -0.05) is 23.9 Å². The first-order valence-corrected chi connectivity index (χ1v) is 11.2. The molecule has 5 rings (SSSR count). The number of nitrogens with zero attached hydrogens (tertiary/aromatic N) is 6. The third-order valence-electron chi connectivity index (χ3n) is 5.12. The van der Waals surface area contributed by atoms with Gasteiger partial charge in [0.25, 0.3) is 11.2 Å². The summed E-state index contributed by atoms with van der Waals surface area (Å²) in [7, 11) is 0. The highest BCUT2D eigenvalue weighted by atomic mass is 32.2. The van der Waals surface area contributed by atoms with Crippen LogP contribution in [0, 0.1) is 21.4 Å². The van der Waals surface area contributed by atoms with Crippen LogP contribution < -0.4 is 5.56 Å². The lowest BCUT2D eigenvalue weighted by Crippen LogP contribution is -2.21.